The molecule has 0 saturated carbocycles. The number of nitrogens with one attached hydrogen (secondary N) is 1. The summed E-state index contributed by atoms with van der Waals surface area (Å²) >= 11 is 1.32. The van der Waals surface area contributed by atoms with E-state index in [1.807, 2.05) is 0 Å². The van der Waals surface area contributed by atoms with E-state index in [9.17, 15) is 17.6 Å². The zero-order valence-electron chi connectivity index (χ0n) is 7.01. The fourth-order valence-corrected chi connectivity index (χ4v) is 1.32. The molecule has 0 fully saturated rings. The van der Waals surface area contributed by atoms with Gasteiger partial charge in [0.05, 0.1) is 17.7 Å². The van der Waals surface area contributed by atoms with Crippen molar-refractivity contribution in [3.63, 3.8) is 0 Å². The molecule has 0 aliphatic carbocycles. The zero-order valence-corrected chi connectivity index (χ0v) is 7.83. The maximum Gasteiger partial charge on any atom is 0.319 e. The SMILES string of the molecule is FC(F)C(F)(F)CNCc1cscn1. The van der Waals surface area contributed by atoms with E-state index in [1.165, 1.54) is 11.3 Å². The largest absolute Gasteiger partial charge is 0.319 e. The van der Waals surface area contributed by atoms with Crippen LogP contribution in [0.1, 0.15) is 5.69 Å². The Balaban J connectivity index is 2.28. The first-order valence-electron chi connectivity index (χ1n) is 3.76. The smallest absolute Gasteiger partial charge is 0.305 e. The van der Waals surface area contributed by atoms with Crippen molar-refractivity contribution in [1.29, 1.82) is 0 Å². The van der Waals surface area contributed by atoms with E-state index in [0.29, 0.717) is 5.69 Å². The van der Waals surface area contributed by atoms with Crippen LogP contribution in [0.15, 0.2) is 10.9 Å². The van der Waals surface area contributed by atoms with Crippen LogP contribution in [0.2, 0.25) is 0 Å². The van der Waals surface area contributed by atoms with E-state index in [2.05, 4.69) is 10.3 Å². The lowest BCUT2D eigenvalue weighted by Gasteiger charge is -2.15. The van der Waals surface area contributed by atoms with Gasteiger partial charge in [-0.3, -0.25) is 0 Å². The van der Waals surface area contributed by atoms with Crippen LogP contribution in [0, 0.1) is 0 Å². The monoisotopic (exact) mass is 228 g/mol. The van der Waals surface area contributed by atoms with E-state index < -0.39 is 18.9 Å². The van der Waals surface area contributed by atoms with Crippen LogP contribution in [-0.4, -0.2) is 23.9 Å². The quantitative estimate of drug-likeness (QED) is 0.781. The molecule has 1 heterocycles. The molecule has 7 heteroatoms. The number of hydrogen-bond donors (Lipinski definition) is 1. The Kier molecular flexibility index (Phi) is 3.82. The highest BCUT2D eigenvalue weighted by Gasteiger charge is 2.39. The van der Waals surface area contributed by atoms with Gasteiger partial charge >= 0.3 is 12.3 Å². The summed E-state index contributed by atoms with van der Waals surface area (Å²) in [4.78, 5) is 3.80. The van der Waals surface area contributed by atoms with Crippen molar-refractivity contribution in [3.05, 3.63) is 16.6 Å². The molecule has 2 nitrogen and oxygen atoms in total. The molecule has 0 amide bonds. The van der Waals surface area contributed by atoms with Crippen molar-refractivity contribution in [2.45, 2.75) is 18.9 Å². The number of hydrogen-bond acceptors (Lipinski definition) is 3. The van der Waals surface area contributed by atoms with Crippen molar-refractivity contribution in [3.8, 4) is 0 Å². The third-order valence-corrected chi connectivity index (χ3v) is 2.10. The topological polar surface area (TPSA) is 24.9 Å². The molecular weight excluding hydrogens is 220 g/mol. The maximum absolute atomic E-state index is 12.3. The highest BCUT2D eigenvalue weighted by Crippen LogP contribution is 2.21. The first-order chi connectivity index (χ1) is 6.52. The van der Waals surface area contributed by atoms with Gasteiger partial charge in [-0.15, -0.1) is 11.3 Å². The Morgan fingerprint density at radius 1 is 1.50 bits per heavy atom. The Labute approximate surface area is 82.0 Å². The number of aromatic nitrogens is 1. The number of alkyl halides is 4. The van der Waals surface area contributed by atoms with Crippen molar-refractivity contribution >= 4 is 11.3 Å². The highest BCUT2D eigenvalue weighted by molar-refractivity contribution is 7.07. The molecule has 14 heavy (non-hydrogen) atoms. The van der Waals surface area contributed by atoms with Crippen LogP contribution in [0.3, 0.4) is 0 Å². The zero-order chi connectivity index (χ0) is 10.6. The molecule has 0 atom stereocenters. The fourth-order valence-electron chi connectivity index (χ4n) is 0.759. The van der Waals surface area contributed by atoms with Gasteiger partial charge in [-0.1, -0.05) is 0 Å². The molecule has 1 N–H and O–H groups in total. The molecule has 0 radical (unpaired) electrons. The molecule has 0 aliphatic heterocycles. The lowest BCUT2D eigenvalue weighted by atomic mass is 10.3. The number of nitrogens with zero attached hydrogens (tertiary/aromatic N) is 1. The van der Waals surface area contributed by atoms with Crippen LogP contribution in [-0.2, 0) is 6.54 Å². The Hall–Kier alpha value is -0.690. The lowest BCUT2D eigenvalue weighted by molar-refractivity contribution is -0.125. The molecular formula is C7H8F4N2S. The van der Waals surface area contributed by atoms with Gasteiger partial charge in [0.2, 0.25) is 0 Å². The second-order valence-electron chi connectivity index (χ2n) is 2.65. The standard InChI is InChI=1S/C7H8F4N2S/c8-6(9)7(10,11)3-12-1-5-2-14-4-13-5/h2,4,6,12H,1,3H2. The lowest BCUT2D eigenvalue weighted by Crippen LogP contribution is -2.38. The summed E-state index contributed by atoms with van der Waals surface area (Å²) in [6, 6.07) is 0. The van der Waals surface area contributed by atoms with Crippen molar-refractivity contribution in [2.24, 2.45) is 0 Å². The van der Waals surface area contributed by atoms with Crippen LogP contribution < -0.4 is 5.32 Å². The van der Waals surface area contributed by atoms with Gasteiger partial charge in [-0.25, -0.2) is 13.8 Å². The average molecular weight is 228 g/mol. The molecule has 0 bridgehead atoms. The van der Waals surface area contributed by atoms with Gasteiger partial charge in [0, 0.05) is 11.9 Å². The van der Waals surface area contributed by atoms with Gasteiger partial charge in [0.15, 0.2) is 0 Å². The van der Waals surface area contributed by atoms with Crippen LogP contribution in [0.4, 0.5) is 17.6 Å². The second kappa shape index (κ2) is 4.70. The van der Waals surface area contributed by atoms with Crippen molar-refractivity contribution in [2.75, 3.05) is 6.54 Å². The predicted octanol–water partition coefficient (Wildman–Crippen LogP) is 2.13. The van der Waals surface area contributed by atoms with Crippen LogP contribution in [0.5, 0.6) is 0 Å². The summed E-state index contributed by atoms with van der Waals surface area (Å²) < 4.78 is 48.0. The first kappa shape index (κ1) is 11.4. The number of thiazole rings is 1. The van der Waals surface area contributed by atoms with Gasteiger partial charge in [0.25, 0.3) is 0 Å². The highest BCUT2D eigenvalue weighted by atomic mass is 32.1. The molecule has 0 spiro atoms. The summed E-state index contributed by atoms with van der Waals surface area (Å²) in [5.41, 5.74) is 2.11. The third kappa shape index (κ3) is 3.22. The van der Waals surface area contributed by atoms with Crippen molar-refractivity contribution < 1.29 is 17.6 Å². The van der Waals surface area contributed by atoms with Gasteiger partial charge in [0.1, 0.15) is 0 Å². The van der Waals surface area contributed by atoms with Crippen molar-refractivity contribution in [1.82, 2.24) is 10.3 Å². The molecule has 1 rings (SSSR count). The Bertz CT molecular complexity index is 263. The minimum Gasteiger partial charge on any atom is -0.305 e. The molecule has 80 valence electrons. The van der Waals surface area contributed by atoms with E-state index >= 15 is 0 Å². The minimum absolute atomic E-state index is 0.0752. The van der Waals surface area contributed by atoms with E-state index in [1.54, 1.807) is 10.9 Å². The number of halogens is 4. The van der Waals surface area contributed by atoms with E-state index in [0.717, 1.165) is 0 Å². The average Bonchev–Trinajstić information content (AvgIpc) is 2.56. The summed E-state index contributed by atoms with van der Waals surface area (Å²) in [6.45, 7) is -0.964. The fraction of sp³-hybridized carbons (Fsp3) is 0.571. The number of rotatable bonds is 5. The summed E-state index contributed by atoms with van der Waals surface area (Å²) in [5.74, 6) is -3.98. The molecule has 0 aromatic carbocycles. The van der Waals surface area contributed by atoms with Gasteiger partial charge in [-0.2, -0.15) is 8.78 Å². The summed E-state index contributed by atoms with van der Waals surface area (Å²) in [5, 5.41) is 3.88. The normalized spacial score (nSPS) is 12.4. The molecule has 1 aromatic rings. The van der Waals surface area contributed by atoms with Gasteiger partial charge < -0.3 is 5.32 Å². The Morgan fingerprint density at radius 3 is 2.71 bits per heavy atom. The Morgan fingerprint density at radius 2 is 2.21 bits per heavy atom. The van der Waals surface area contributed by atoms with Gasteiger partial charge in [-0.05, 0) is 0 Å². The van der Waals surface area contributed by atoms with E-state index in [-0.39, 0.29) is 6.54 Å². The summed E-state index contributed by atoms with van der Waals surface area (Å²) in [7, 11) is 0. The van der Waals surface area contributed by atoms with Crippen LogP contribution >= 0.6 is 11.3 Å². The molecule has 0 unspecified atom stereocenters. The predicted molar refractivity (Wildman–Crippen MR) is 44.8 cm³/mol. The summed E-state index contributed by atoms with van der Waals surface area (Å²) in [6.07, 6.45) is -3.63. The maximum atomic E-state index is 12.3. The minimum atomic E-state index is -3.98. The van der Waals surface area contributed by atoms with Crippen LogP contribution in [0.25, 0.3) is 0 Å². The van der Waals surface area contributed by atoms with E-state index in [4.69, 9.17) is 0 Å². The first-order valence-corrected chi connectivity index (χ1v) is 4.70. The molecule has 1 aromatic heterocycles. The third-order valence-electron chi connectivity index (χ3n) is 1.47. The molecule has 0 saturated heterocycles. The molecule has 0 aliphatic rings. The second-order valence-corrected chi connectivity index (χ2v) is 3.36.